The van der Waals surface area contributed by atoms with E-state index in [1.807, 2.05) is 46.4 Å². The molecule has 5 heteroatoms. The molecule has 1 unspecified atom stereocenters. The standard InChI is InChI=1S/C15H28N2O3/c1-11(2)9-13(18)16-7-8-17(12(3)10-16)14(19)20-15(4,5)6/h11-12H,7-10H2,1-6H3. The second-order valence-corrected chi connectivity index (χ2v) is 6.96. The Morgan fingerprint density at radius 3 is 2.30 bits per heavy atom. The van der Waals surface area contributed by atoms with Crippen LogP contribution in [0.2, 0.25) is 0 Å². The summed E-state index contributed by atoms with van der Waals surface area (Å²) in [5.74, 6) is 0.539. The van der Waals surface area contributed by atoms with Gasteiger partial charge in [0.2, 0.25) is 5.91 Å². The molecule has 0 radical (unpaired) electrons. The first kappa shape index (κ1) is 16.8. The fraction of sp³-hybridized carbons (Fsp3) is 0.867. The molecule has 0 aromatic carbocycles. The summed E-state index contributed by atoms with van der Waals surface area (Å²) >= 11 is 0. The normalized spacial score (nSPS) is 20.2. The van der Waals surface area contributed by atoms with E-state index in [-0.39, 0.29) is 18.0 Å². The molecule has 1 aliphatic heterocycles. The van der Waals surface area contributed by atoms with Crippen molar-refractivity contribution in [3.8, 4) is 0 Å². The molecule has 0 spiro atoms. The Balaban J connectivity index is 2.55. The molecular weight excluding hydrogens is 256 g/mol. The molecule has 1 aliphatic rings. The maximum atomic E-state index is 12.1. The first-order valence-electron chi connectivity index (χ1n) is 7.37. The van der Waals surface area contributed by atoms with Gasteiger partial charge in [0.15, 0.2) is 0 Å². The second-order valence-electron chi connectivity index (χ2n) is 6.96. The van der Waals surface area contributed by atoms with Crippen LogP contribution in [0.4, 0.5) is 4.79 Å². The minimum Gasteiger partial charge on any atom is -0.444 e. The molecular formula is C15H28N2O3. The van der Waals surface area contributed by atoms with Crippen LogP contribution < -0.4 is 0 Å². The Morgan fingerprint density at radius 1 is 1.25 bits per heavy atom. The molecule has 1 rings (SSSR count). The number of hydrogen-bond donors (Lipinski definition) is 0. The summed E-state index contributed by atoms with van der Waals surface area (Å²) in [6.07, 6.45) is 0.278. The van der Waals surface area contributed by atoms with Gasteiger partial charge in [0.1, 0.15) is 5.60 Å². The van der Waals surface area contributed by atoms with Crippen molar-refractivity contribution in [1.82, 2.24) is 9.80 Å². The average Bonchev–Trinajstić information content (AvgIpc) is 2.25. The van der Waals surface area contributed by atoms with Crippen LogP contribution in [0.3, 0.4) is 0 Å². The Bertz CT molecular complexity index is 361. The molecule has 0 aromatic rings. The van der Waals surface area contributed by atoms with Crippen molar-refractivity contribution in [2.45, 2.75) is 59.6 Å². The predicted molar refractivity (Wildman–Crippen MR) is 78.4 cm³/mol. The molecule has 116 valence electrons. The predicted octanol–water partition coefficient (Wildman–Crippen LogP) is 2.50. The monoisotopic (exact) mass is 284 g/mol. The van der Waals surface area contributed by atoms with Gasteiger partial charge in [-0.05, 0) is 33.6 Å². The highest BCUT2D eigenvalue weighted by Crippen LogP contribution is 2.16. The third-order valence-electron chi connectivity index (χ3n) is 3.19. The maximum Gasteiger partial charge on any atom is 0.410 e. The lowest BCUT2D eigenvalue weighted by Gasteiger charge is -2.40. The number of hydrogen-bond acceptors (Lipinski definition) is 3. The SMILES string of the molecule is CC(C)CC(=O)N1CCN(C(=O)OC(C)(C)C)C(C)C1. The van der Waals surface area contributed by atoms with Gasteiger partial charge in [0.25, 0.3) is 0 Å². The fourth-order valence-corrected chi connectivity index (χ4v) is 2.25. The summed E-state index contributed by atoms with van der Waals surface area (Å²) in [4.78, 5) is 27.7. The zero-order valence-corrected chi connectivity index (χ0v) is 13.6. The highest BCUT2D eigenvalue weighted by Gasteiger charge is 2.32. The molecule has 1 atom stereocenters. The molecule has 0 aliphatic carbocycles. The summed E-state index contributed by atoms with van der Waals surface area (Å²) in [5, 5.41) is 0. The highest BCUT2D eigenvalue weighted by molar-refractivity contribution is 5.77. The first-order valence-corrected chi connectivity index (χ1v) is 7.37. The number of piperazine rings is 1. The van der Waals surface area contributed by atoms with Gasteiger partial charge >= 0.3 is 6.09 Å². The number of ether oxygens (including phenoxy) is 1. The van der Waals surface area contributed by atoms with E-state index in [1.165, 1.54) is 0 Å². The van der Waals surface area contributed by atoms with Gasteiger partial charge in [0.05, 0.1) is 0 Å². The zero-order valence-electron chi connectivity index (χ0n) is 13.6. The highest BCUT2D eigenvalue weighted by atomic mass is 16.6. The van der Waals surface area contributed by atoms with Crippen molar-refractivity contribution >= 4 is 12.0 Å². The molecule has 0 aromatic heterocycles. The average molecular weight is 284 g/mol. The molecule has 1 saturated heterocycles. The van der Waals surface area contributed by atoms with Crippen LogP contribution >= 0.6 is 0 Å². The lowest BCUT2D eigenvalue weighted by molar-refractivity contribution is -0.134. The third kappa shape index (κ3) is 5.02. The van der Waals surface area contributed by atoms with E-state index in [4.69, 9.17) is 4.74 Å². The van der Waals surface area contributed by atoms with E-state index in [0.29, 0.717) is 32.0 Å². The van der Waals surface area contributed by atoms with E-state index < -0.39 is 5.60 Å². The lowest BCUT2D eigenvalue weighted by Crippen LogP contribution is -2.56. The smallest absolute Gasteiger partial charge is 0.410 e. The summed E-state index contributed by atoms with van der Waals surface area (Å²) < 4.78 is 5.39. The third-order valence-corrected chi connectivity index (χ3v) is 3.19. The quantitative estimate of drug-likeness (QED) is 0.783. The van der Waals surface area contributed by atoms with Crippen molar-refractivity contribution < 1.29 is 14.3 Å². The van der Waals surface area contributed by atoms with Crippen LogP contribution in [-0.2, 0) is 9.53 Å². The summed E-state index contributed by atoms with van der Waals surface area (Å²) in [5.41, 5.74) is -0.485. The van der Waals surface area contributed by atoms with E-state index >= 15 is 0 Å². The van der Waals surface area contributed by atoms with Crippen LogP contribution in [0, 0.1) is 5.92 Å². The Labute approximate surface area is 122 Å². The van der Waals surface area contributed by atoms with E-state index in [9.17, 15) is 9.59 Å². The molecule has 0 N–H and O–H groups in total. The minimum absolute atomic E-state index is 0.00490. The maximum absolute atomic E-state index is 12.1. The molecule has 0 bridgehead atoms. The minimum atomic E-state index is -0.485. The number of carbonyl (C=O) groups excluding carboxylic acids is 2. The number of amides is 2. The number of carbonyl (C=O) groups is 2. The first-order chi connectivity index (χ1) is 9.10. The van der Waals surface area contributed by atoms with Gasteiger partial charge in [-0.2, -0.15) is 0 Å². The van der Waals surface area contributed by atoms with Crippen LogP contribution in [0.15, 0.2) is 0 Å². The summed E-state index contributed by atoms with van der Waals surface area (Å²) in [6, 6.07) is -0.00490. The Hall–Kier alpha value is -1.26. The van der Waals surface area contributed by atoms with E-state index in [1.54, 1.807) is 4.90 Å². The Kier molecular flexibility index (Phi) is 5.42. The lowest BCUT2D eigenvalue weighted by atomic mass is 10.1. The largest absolute Gasteiger partial charge is 0.444 e. The van der Waals surface area contributed by atoms with Crippen molar-refractivity contribution in [2.75, 3.05) is 19.6 Å². The van der Waals surface area contributed by atoms with Crippen molar-refractivity contribution in [3.05, 3.63) is 0 Å². The van der Waals surface area contributed by atoms with Crippen molar-refractivity contribution in [1.29, 1.82) is 0 Å². The molecule has 5 nitrogen and oxygen atoms in total. The number of nitrogens with zero attached hydrogens (tertiary/aromatic N) is 2. The molecule has 1 fully saturated rings. The second kappa shape index (κ2) is 6.46. The van der Waals surface area contributed by atoms with E-state index in [0.717, 1.165) is 0 Å². The summed E-state index contributed by atoms with van der Waals surface area (Å²) in [7, 11) is 0. The molecule has 2 amide bonds. The van der Waals surface area contributed by atoms with Gasteiger partial charge < -0.3 is 14.5 Å². The van der Waals surface area contributed by atoms with Crippen molar-refractivity contribution in [2.24, 2.45) is 5.92 Å². The van der Waals surface area contributed by atoms with Crippen LogP contribution in [0.5, 0.6) is 0 Å². The Morgan fingerprint density at radius 2 is 1.85 bits per heavy atom. The summed E-state index contributed by atoms with van der Waals surface area (Å²) in [6.45, 7) is 13.3. The van der Waals surface area contributed by atoms with Gasteiger partial charge in [-0.25, -0.2) is 4.79 Å². The van der Waals surface area contributed by atoms with Gasteiger partial charge in [-0.3, -0.25) is 4.79 Å². The van der Waals surface area contributed by atoms with Gasteiger partial charge in [0, 0.05) is 32.1 Å². The zero-order chi connectivity index (χ0) is 15.5. The fourth-order valence-electron chi connectivity index (χ4n) is 2.25. The van der Waals surface area contributed by atoms with Crippen LogP contribution in [0.1, 0.15) is 48.0 Å². The van der Waals surface area contributed by atoms with Gasteiger partial charge in [-0.1, -0.05) is 13.8 Å². The topological polar surface area (TPSA) is 49.9 Å². The van der Waals surface area contributed by atoms with Gasteiger partial charge in [-0.15, -0.1) is 0 Å². The van der Waals surface area contributed by atoms with Crippen molar-refractivity contribution in [3.63, 3.8) is 0 Å². The number of rotatable bonds is 2. The van der Waals surface area contributed by atoms with Crippen LogP contribution in [0.25, 0.3) is 0 Å². The van der Waals surface area contributed by atoms with Crippen LogP contribution in [-0.4, -0.2) is 53.1 Å². The molecule has 0 saturated carbocycles. The van der Waals surface area contributed by atoms with E-state index in [2.05, 4.69) is 0 Å². The molecule has 20 heavy (non-hydrogen) atoms. The molecule has 1 heterocycles.